The van der Waals surface area contributed by atoms with Crippen molar-refractivity contribution < 1.29 is 17.6 Å². The maximum atomic E-state index is 14.0. The summed E-state index contributed by atoms with van der Waals surface area (Å²) >= 11 is 0. The van der Waals surface area contributed by atoms with Gasteiger partial charge in [0.05, 0.1) is 0 Å². The van der Waals surface area contributed by atoms with E-state index in [1.807, 2.05) is 0 Å². The lowest BCUT2D eigenvalue weighted by Crippen LogP contribution is -2.13. The molecule has 0 nitrogen and oxygen atoms in total. The van der Waals surface area contributed by atoms with Gasteiger partial charge in [-0.2, -0.15) is 13.2 Å². The van der Waals surface area contributed by atoms with Crippen LogP contribution in [0.25, 0.3) is 6.08 Å². The maximum Gasteiger partial charge on any atom is 0.409 e. The van der Waals surface area contributed by atoms with Gasteiger partial charge in [0.2, 0.25) is 0 Å². The number of hydrogen-bond acceptors (Lipinski definition) is 0. The van der Waals surface area contributed by atoms with Crippen LogP contribution in [0.3, 0.4) is 0 Å². The second kappa shape index (κ2) is 8.50. The number of hydrogen-bond donors (Lipinski definition) is 0. The third-order valence-electron chi connectivity index (χ3n) is 4.67. The summed E-state index contributed by atoms with van der Waals surface area (Å²) < 4.78 is 50.6. The van der Waals surface area contributed by atoms with Crippen molar-refractivity contribution in [1.82, 2.24) is 0 Å². The van der Waals surface area contributed by atoms with Crippen LogP contribution in [0.2, 0.25) is 0 Å². The smallest absolute Gasteiger partial charge is 0.206 e. The van der Waals surface area contributed by atoms with E-state index in [0.29, 0.717) is 11.8 Å². The molecule has 0 amide bonds. The molecule has 1 aromatic rings. The zero-order chi connectivity index (χ0) is 17.6. The van der Waals surface area contributed by atoms with Gasteiger partial charge in [0, 0.05) is 11.6 Å². The normalized spacial score (nSPS) is 22.5. The van der Waals surface area contributed by atoms with Crippen LogP contribution in [0.1, 0.15) is 62.5 Å². The molecule has 0 saturated heterocycles. The minimum atomic E-state index is -4.42. The first-order chi connectivity index (χ1) is 11.4. The predicted molar refractivity (Wildman–Crippen MR) is 90.2 cm³/mol. The highest BCUT2D eigenvalue weighted by molar-refractivity contribution is 5.51. The number of alkyl halides is 3. The van der Waals surface area contributed by atoms with Crippen LogP contribution in [-0.2, 0) is 0 Å². The van der Waals surface area contributed by atoms with Crippen LogP contribution in [0.15, 0.2) is 36.4 Å². The molecule has 4 heteroatoms. The van der Waals surface area contributed by atoms with E-state index in [2.05, 4.69) is 19.1 Å². The number of allylic oxidation sites excluding steroid dienone is 3. The topological polar surface area (TPSA) is 0 Å². The predicted octanol–water partition coefficient (Wildman–Crippen LogP) is 7.03. The molecule has 132 valence electrons. The minimum Gasteiger partial charge on any atom is -0.206 e. The van der Waals surface area contributed by atoms with Gasteiger partial charge in [-0.3, -0.25) is 0 Å². The molecule has 0 aromatic heterocycles. The zero-order valence-corrected chi connectivity index (χ0v) is 14.0. The van der Waals surface area contributed by atoms with Crippen molar-refractivity contribution in [2.75, 3.05) is 0 Å². The monoisotopic (exact) mass is 340 g/mol. The minimum absolute atomic E-state index is 0.0190. The van der Waals surface area contributed by atoms with Gasteiger partial charge < -0.3 is 0 Å². The summed E-state index contributed by atoms with van der Waals surface area (Å²) in [4.78, 5) is 0. The Morgan fingerprint density at radius 3 is 2.38 bits per heavy atom. The van der Waals surface area contributed by atoms with Crippen LogP contribution in [0, 0.1) is 11.7 Å². The van der Waals surface area contributed by atoms with Gasteiger partial charge in [0.15, 0.2) is 0 Å². The molecule has 0 aliphatic heterocycles. The first kappa shape index (κ1) is 18.8. The summed E-state index contributed by atoms with van der Waals surface area (Å²) in [5.41, 5.74) is 0.883. The van der Waals surface area contributed by atoms with E-state index in [1.165, 1.54) is 12.1 Å². The lowest BCUT2D eigenvalue weighted by molar-refractivity contribution is -0.0790. The SMILES string of the molecule is CC/C=C\CC1CCC(c2ccc(/C=C/C(F)(F)F)c(F)c2)CC1. The van der Waals surface area contributed by atoms with Gasteiger partial charge in [0.1, 0.15) is 5.82 Å². The number of halogens is 4. The van der Waals surface area contributed by atoms with E-state index in [4.69, 9.17) is 0 Å². The third kappa shape index (κ3) is 5.81. The molecule has 0 N–H and O–H groups in total. The molecular weight excluding hydrogens is 316 g/mol. The van der Waals surface area contributed by atoms with Crippen LogP contribution >= 0.6 is 0 Å². The highest BCUT2D eigenvalue weighted by Gasteiger charge is 2.23. The number of rotatable bonds is 5. The van der Waals surface area contributed by atoms with Gasteiger partial charge in [-0.15, -0.1) is 0 Å². The van der Waals surface area contributed by atoms with Crippen molar-refractivity contribution in [3.63, 3.8) is 0 Å². The van der Waals surface area contributed by atoms with Crippen LogP contribution in [0.4, 0.5) is 17.6 Å². The molecule has 1 fully saturated rings. The van der Waals surface area contributed by atoms with E-state index in [0.717, 1.165) is 50.2 Å². The molecule has 0 unspecified atom stereocenters. The summed E-state index contributed by atoms with van der Waals surface area (Å²) in [7, 11) is 0. The van der Waals surface area contributed by atoms with Crippen LogP contribution in [0.5, 0.6) is 0 Å². The van der Waals surface area contributed by atoms with Crippen molar-refractivity contribution in [3.8, 4) is 0 Å². The third-order valence-corrected chi connectivity index (χ3v) is 4.67. The first-order valence-electron chi connectivity index (χ1n) is 8.59. The van der Waals surface area contributed by atoms with E-state index < -0.39 is 12.0 Å². The largest absolute Gasteiger partial charge is 0.409 e. The van der Waals surface area contributed by atoms with Crippen molar-refractivity contribution in [3.05, 3.63) is 53.4 Å². The Morgan fingerprint density at radius 2 is 1.79 bits per heavy atom. The molecule has 1 saturated carbocycles. The quantitative estimate of drug-likeness (QED) is 0.398. The maximum absolute atomic E-state index is 14.0. The molecule has 0 bridgehead atoms. The first-order valence-corrected chi connectivity index (χ1v) is 8.59. The molecule has 0 radical (unpaired) electrons. The lowest BCUT2D eigenvalue weighted by atomic mass is 9.77. The fourth-order valence-corrected chi connectivity index (χ4v) is 3.30. The van der Waals surface area contributed by atoms with Crippen molar-refractivity contribution in [1.29, 1.82) is 0 Å². The standard InChI is InChI=1S/C20H24F4/c1-2-3-4-5-15-6-8-16(9-7-15)18-11-10-17(19(21)14-18)12-13-20(22,23)24/h3-4,10-16H,2,5-9H2,1H3/b4-3-,13-12+. The summed E-state index contributed by atoms with van der Waals surface area (Å²) in [5, 5.41) is 0. The Labute approximate surface area is 141 Å². The second-order valence-electron chi connectivity index (χ2n) is 6.49. The second-order valence-corrected chi connectivity index (χ2v) is 6.49. The van der Waals surface area contributed by atoms with E-state index in [1.54, 1.807) is 6.07 Å². The lowest BCUT2D eigenvalue weighted by Gasteiger charge is -2.28. The molecule has 0 spiro atoms. The van der Waals surface area contributed by atoms with Gasteiger partial charge in [-0.1, -0.05) is 31.2 Å². The Balaban J connectivity index is 1.95. The van der Waals surface area contributed by atoms with Crippen molar-refractivity contribution in [2.45, 2.75) is 57.5 Å². The highest BCUT2D eigenvalue weighted by atomic mass is 19.4. The average Bonchev–Trinajstić information content (AvgIpc) is 2.54. The molecule has 1 aliphatic carbocycles. The number of benzene rings is 1. The molecule has 1 aliphatic rings. The molecule has 2 rings (SSSR count). The van der Waals surface area contributed by atoms with Gasteiger partial charge in [0.25, 0.3) is 0 Å². The Kier molecular flexibility index (Phi) is 6.64. The van der Waals surface area contributed by atoms with E-state index in [-0.39, 0.29) is 11.6 Å². The van der Waals surface area contributed by atoms with E-state index >= 15 is 0 Å². The zero-order valence-electron chi connectivity index (χ0n) is 14.0. The van der Waals surface area contributed by atoms with Gasteiger partial charge >= 0.3 is 6.18 Å². The summed E-state index contributed by atoms with van der Waals surface area (Å²) in [5.74, 6) is 0.426. The average molecular weight is 340 g/mol. The molecular formula is C20H24F4. The molecule has 24 heavy (non-hydrogen) atoms. The molecule has 0 atom stereocenters. The van der Waals surface area contributed by atoms with Crippen LogP contribution in [-0.4, -0.2) is 6.18 Å². The molecule has 0 heterocycles. The molecule has 1 aromatic carbocycles. The summed E-state index contributed by atoms with van der Waals surface area (Å²) in [6.45, 7) is 2.12. The van der Waals surface area contributed by atoms with Gasteiger partial charge in [-0.25, -0.2) is 4.39 Å². The fourth-order valence-electron chi connectivity index (χ4n) is 3.30. The Hall–Kier alpha value is -1.58. The summed E-state index contributed by atoms with van der Waals surface area (Å²) in [6, 6.07) is 4.61. The van der Waals surface area contributed by atoms with E-state index in [9.17, 15) is 17.6 Å². The fraction of sp³-hybridized carbons (Fsp3) is 0.500. The Bertz CT molecular complexity index is 576. The van der Waals surface area contributed by atoms with Crippen molar-refractivity contribution >= 4 is 6.08 Å². The van der Waals surface area contributed by atoms with Crippen LogP contribution < -0.4 is 0 Å². The Morgan fingerprint density at radius 1 is 1.08 bits per heavy atom. The summed E-state index contributed by atoms with van der Waals surface area (Å²) in [6.07, 6.45) is 7.31. The van der Waals surface area contributed by atoms with Gasteiger partial charge in [-0.05, 0) is 68.1 Å². The van der Waals surface area contributed by atoms with Crippen molar-refractivity contribution in [2.24, 2.45) is 5.92 Å². The highest BCUT2D eigenvalue weighted by Crippen LogP contribution is 2.37.